The van der Waals surface area contributed by atoms with Crippen molar-refractivity contribution in [2.24, 2.45) is 0 Å². The second-order valence-electron chi connectivity index (χ2n) is 7.07. The van der Waals surface area contributed by atoms with Crippen molar-refractivity contribution in [1.29, 1.82) is 0 Å². The van der Waals surface area contributed by atoms with Crippen LogP contribution in [0.2, 0.25) is 0 Å². The van der Waals surface area contributed by atoms with Crippen molar-refractivity contribution in [2.75, 3.05) is 16.8 Å². The number of halogens is 1. The van der Waals surface area contributed by atoms with Gasteiger partial charge >= 0.3 is 12.0 Å². The molecule has 0 bridgehead atoms. The van der Waals surface area contributed by atoms with E-state index >= 15 is 0 Å². The largest absolute Gasteiger partial charge is 0.479 e. The van der Waals surface area contributed by atoms with Crippen molar-refractivity contribution in [3.8, 4) is 0 Å². The first-order valence-electron chi connectivity index (χ1n) is 9.82. The molecule has 0 aromatic heterocycles. The molecule has 3 rings (SSSR count). The van der Waals surface area contributed by atoms with Crippen LogP contribution in [0.3, 0.4) is 0 Å². The molecule has 8 heteroatoms. The maximum absolute atomic E-state index is 13.8. The van der Waals surface area contributed by atoms with Crippen LogP contribution in [-0.4, -0.2) is 29.6 Å². The molecule has 7 nitrogen and oxygen atoms in total. The lowest BCUT2D eigenvalue weighted by atomic mass is 10.0. The van der Waals surface area contributed by atoms with Crippen LogP contribution in [0.5, 0.6) is 0 Å². The second-order valence-corrected chi connectivity index (χ2v) is 7.07. The van der Waals surface area contributed by atoms with Gasteiger partial charge in [0.25, 0.3) is 0 Å². The number of rotatable bonds is 7. The Bertz CT molecular complexity index is 1120. The van der Waals surface area contributed by atoms with Crippen molar-refractivity contribution < 1.29 is 23.9 Å². The number of urea groups is 1. The molecule has 0 aliphatic heterocycles. The van der Waals surface area contributed by atoms with E-state index < -0.39 is 36.3 Å². The molecule has 0 fully saturated rings. The molecule has 32 heavy (non-hydrogen) atoms. The second kappa shape index (κ2) is 10.2. The number of nitrogens with zero attached hydrogens (tertiary/aromatic N) is 1. The van der Waals surface area contributed by atoms with Crippen LogP contribution in [0.15, 0.2) is 78.9 Å². The molecule has 3 aromatic rings. The first kappa shape index (κ1) is 22.5. The summed E-state index contributed by atoms with van der Waals surface area (Å²) in [5.41, 5.74) is 1.90. The maximum Gasteiger partial charge on any atom is 0.331 e. The topological polar surface area (TPSA) is 98.7 Å². The predicted molar refractivity (Wildman–Crippen MR) is 119 cm³/mol. The van der Waals surface area contributed by atoms with E-state index in [1.165, 1.54) is 18.2 Å². The Morgan fingerprint density at radius 2 is 1.69 bits per heavy atom. The van der Waals surface area contributed by atoms with E-state index in [-0.39, 0.29) is 5.56 Å². The number of hydrogen-bond acceptors (Lipinski definition) is 3. The van der Waals surface area contributed by atoms with Gasteiger partial charge in [0.05, 0.1) is 6.54 Å². The molecule has 0 unspecified atom stereocenters. The number of aliphatic carboxylic acids is 1. The van der Waals surface area contributed by atoms with Gasteiger partial charge in [0.1, 0.15) is 5.82 Å². The fraction of sp³-hybridized carbons (Fsp3) is 0.125. The standard InChI is InChI=1S/C24H22FN3O4/c1-16-7-5-10-19(13-16)27-24(32)26-15-21(29)28(20-11-3-2-4-12-20)22(23(30)31)17-8-6-9-18(25)14-17/h2-14,22H,15H2,1H3,(H,30,31)(H2,26,27,32)/t22-/m0/s1. The lowest BCUT2D eigenvalue weighted by Gasteiger charge is -2.29. The first-order valence-corrected chi connectivity index (χ1v) is 9.82. The van der Waals surface area contributed by atoms with Crippen molar-refractivity contribution in [3.63, 3.8) is 0 Å². The van der Waals surface area contributed by atoms with E-state index in [1.807, 2.05) is 13.0 Å². The number of nitrogens with one attached hydrogen (secondary N) is 2. The van der Waals surface area contributed by atoms with Crippen molar-refractivity contribution in [1.82, 2.24) is 5.32 Å². The number of carbonyl (C=O) groups is 3. The highest BCUT2D eigenvalue weighted by Crippen LogP contribution is 2.28. The van der Waals surface area contributed by atoms with Crippen LogP contribution in [0, 0.1) is 12.7 Å². The monoisotopic (exact) mass is 435 g/mol. The molecule has 0 saturated carbocycles. The lowest BCUT2D eigenvalue weighted by molar-refractivity contribution is -0.140. The van der Waals surface area contributed by atoms with Gasteiger partial charge in [-0.25, -0.2) is 14.0 Å². The minimum atomic E-state index is -1.48. The smallest absolute Gasteiger partial charge is 0.331 e. The zero-order valence-corrected chi connectivity index (χ0v) is 17.3. The molecular formula is C24H22FN3O4. The molecule has 0 aliphatic carbocycles. The SMILES string of the molecule is Cc1cccc(NC(=O)NCC(=O)N(c2ccccc2)[C@H](C(=O)O)c2cccc(F)c2)c1. The number of anilines is 2. The van der Waals surface area contributed by atoms with E-state index in [0.717, 1.165) is 16.5 Å². The maximum atomic E-state index is 13.8. The Labute approximate surface area is 184 Å². The fourth-order valence-electron chi connectivity index (χ4n) is 3.24. The number of aryl methyl sites for hydroxylation is 1. The minimum Gasteiger partial charge on any atom is -0.479 e. The summed E-state index contributed by atoms with van der Waals surface area (Å²) >= 11 is 0. The van der Waals surface area contributed by atoms with Gasteiger partial charge in [-0.3, -0.25) is 9.69 Å². The van der Waals surface area contributed by atoms with Gasteiger partial charge in [-0.2, -0.15) is 0 Å². The van der Waals surface area contributed by atoms with E-state index in [2.05, 4.69) is 10.6 Å². The summed E-state index contributed by atoms with van der Waals surface area (Å²) in [6.45, 7) is 1.41. The van der Waals surface area contributed by atoms with Gasteiger partial charge in [0, 0.05) is 11.4 Å². The van der Waals surface area contributed by atoms with Gasteiger partial charge < -0.3 is 15.7 Å². The Balaban J connectivity index is 1.83. The summed E-state index contributed by atoms with van der Waals surface area (Å²) < 4.78 is 13.8. The molecule has 0 aliphatic rings. The average Bonchev–Trinajstić information content (AvgIpc) is 2.76. The molecule has 0 radical (unpaired) electrons. The number of hydrogen-bond donors (Lipinski definition) is 3. The molecule has 0 saturated heterocycles. The van der Waals surface area contributed by atoms with E-state index in [9.17, 15) is 23.9 Å². The fourth-order valence-corrected chi connectivity index (χ4v) is 3.24. The Morgan fingerprint density at radius 3 is 2.34 bits per heavy atom. The van der Waals surface area contributed by atoms with E-state index in [0.29, 0.717) is 11.4 Å². The quantitative estimate of drug-likeness (QED) is 0.520. The highest BCUT2D eigenvalue weighted by Gasteiger charge is 2.32. The van der Waals surface area contributed by atoms with Crippen molar-refractivity contribution in [2.45, 2.75) is 13.0 Å². The number of amides is 3. The van der Waals surface area contributed by atoms with Crippen LogP contribution in [0.4, 0.5) is 20.6 Å². The normalized spacial score (nSPS) is 11.3. The number of para-hydroxylation sites is 1. The summed E-state index contributed by atoms with van der Waals surface area (Å²) in [7, 11) is 0. The van der Waals surface area contributed by atoms with Crippen molar-refractivity contribution >= 4 is 29.3 Å². The number of benzene rings is 3. The summed E-state index contributed by atoms with van der Waals surface area (Å²) in [6.07, 6.45) is 0. The molecule has 1 atom stereocenters. The summed E-state index contributed by atoms with van der Waals surface area (Å²) in [5, 5.41) is 15.0. The third kappa shape index (κ3) is 5.69. The minimum absolute atomic E-state index is 0.0962. The number of carboxylic acid groups (broad SMARTS) is 1. The molecule has 3 N–H and O–H groups in total. The van der Waals surface area contributed by atoms with E-state index in [1.54, 1.807) is 48.5 Å². The number of carboxylic acids is 1. The highest BCUT2D eigenvalue weighted by molar-refractivity contribution is 6.02. The zero-order chi connectivity index (χ0) is 23.1. The molecular weight excluding hydrogens is 413 g/mol. The third-order valence-corrected chi connectivity index (χ3v) is 4.64. The predicted octanol–water partition coefficient (Wildman–Crippen LogP) is 4.11. The van der Waals surface area contributed by atoms with Crippen LogP contribution in [0.25, 0.3) is 0 Å². The lowest BCUT2D eigenvalue weighted by Crippen LogP contribution is -2.45. The summed E-state index contributed by atoms with van der Waals surface area (Å²) in [6, 6.07) is 18.3. The molecule has 3 amide bonds. The zero-order valence-electron chi connectivity index (χ0n) is 17.3. The van der Waals surface area contributed by atoms with Gasteiger partial charge in [-0.15, -0.1) is 0 Å². The Morgan fingerprint density at radius 1 is 0.969 bits per heavy atom. The van der Waals surface area contributed by atoms with Gasteiger partial charge in [-0.05, 0) is 54.4 Å². The first-order chi connectivity index (χ1) is 15.3. The van der Waals surface area contributed by atoms with Gasteiger partial charge in [0.2, 0.25) is 5.91 Å². The molecule has 164 valence electrons. The van der Waals surface area contributed by atoms with Crippen LogP contribution in [-0.2, 0) is 9.59 Å². The average molecular weight is 435 g/mol. The third-order valence-electron chi connectivity index (χ3n) is 4.64. The molecule has 3 aromatic carbocycles. The van der Waals surface area contributed by atoms with Crippen LogP contribution >= 0.6 is 0 Å². The molecule has 0 heterocycles. The highest BCUT2D eigenvalue weighted by atomic mass is 19.1. The van der Waals surface area contributed by atoms with Gasteiger partial charge in [0.15, 0.2) is 6.04 Å². The number of carbonyl (C=O) groups excluding carboxylic acids is 2. The van der Waals surface area contributed by atoms with Gasteiger partial charge in [-0.1, -0.05) is 42.5 Å². The molecule has 0 spiro atoms. The van der Waals surface area contributed by atoms with E-state index in [4.69, 9.17) is 0 Å². The summed E-state index contributed by atoms with van der Waals surface area (Å²) in [5.74, 6) is -2.63. The Hall–Kier alpha value is -4.20. The van der Waals surface area contributed by atoms with Crippen LogP contribution in [0.1, 0.15) is 17.2 Å². The summed E-state index contributed by atoms with van der Waals surface area (Å²) in [4.78, 5) is 38.5. The van der Waals surface area contributed by atoms with Crippen molar-refractivity contribution in [3.05, 3.63) is 95.8 Å². The Kier molecular flexibility index (Phi) is 7.17. The van der Waals surface area contributed by atoms with Crippen LogP contribution < -0.4 is 15.5 Å².